The van der Waals surface area contributed by atoms with Crippen molar-refractivity contribution in [2.24, 2.45) is 23.7 Å². The first-order chi connectivity index (χ1) is 26.2. The molecule has 2 N–H and O–H groups in total. The fourth-order valence-electron chi connectivity index (χ4n) is 6.55. The Hall–Kier alpha value is -3.19. The third-order valence-corrected chi connectivity index (χ3v) is 11.9. The maximum absolute atomic E-state index is 13.0. The van der Waals surface area contributed by atoms with Gasteiger partial charge in [0.05, 0.1) is 16.5 Å². The van der Waals surface area contributed by atoms with Crippen molar-refractivity contribution in [2.45, 2.75) is 161 Å². The number of carbonyl (C=O) groups excluding carboxylic acids is 7. The standard InChI is InChI=1S/C27H39N3O5S.C16H29NO2S/c1-15(2)12-19-8-10-20(11-9-19)28-25(33)18(7)13-21(31)24(16(3)4)29-27(35)30-23(32)14-22(26(30)34)36-17(5)6;1-12(2)9-7-5-6-8-10-17-15(18)11-14(16(17)19)20-13(3)4/h8-11,15-18,22,24H,12-14H2,1-7H3,(H,28,33)(H,29,35);12-14H,5-11H2,1-4H3/t18-,22?,24?;/m1./s1. The molecule has 2 aliphatic rings. The summed E-state index contributed by atoms with van der Waals surface area (Å²) >= 11 is 2.95. The second kappa shape index (κ2) is 23.9. The number of hydrogen-bond acceptors (Lipinski definition) is 9. The van der Waals surface area contributed by atoms with Gasteiger partial charge >= 0.3 is 6.03 Å². The van der Waals surface area contributed by atoms with E-state index < -0.39 is 35.1 Å². The van der Waals surface area contributed by atoms with Crippen LogP contribution in [-0.2, 0) is 35.2 Å². The minimum Gasteiger partial charge on any atom is -0.327 e. The normalized spacial score (nSPS) is 18.4. The lowest BCUT2D eigenvalue weighted by molar-refractivity contribution is -0.139. The van der Waals surface area contributed by atoms with E-state index in [1.54, 1.807) is 32.5 Å². The Morgan fingerprint density at radius 2 is 1.27 bits per heavy atom. The number of nitrogens with zero attached hydrogens (tertiary/aromatic N) is 2. The second-order valence-corrected chi connectivity index (χ2v) is 20.4. The Balaban J connectivity index is 0.000000457. The van der Waals surface area contributed by atoms with Crippen molar-refractivity contribution >= 4 is 70.6 Å². The molecule has 2 heterocycles. The number of hydrogen-bond donors (Lipinski definition) is 2. The number of nitrogens with one attached hydrogen (secondary N) is 2. The number of unbranched alkanes of at least 4 members (excludes halogenated alkanes) is 3. The summed E-state index contributed by atoms with van der Waals surface area (Å²) < 4.78 is 0. The molecule has 3 rings (SSSR count). The minimum absolute atomic E-state index is 0.0235. The highest BCUT2D eigenvalue weighted by Crippen LogP contribution is 2.30. The van der Waals surface area contributed by atoms with Crippen LogP contribution in [0.5, 0.6) is 0 Å². The van der Waals surface area contributed by atoms with Crippen LogP contribution < -0.4 is 10.6 Å². The first-order valence-electron chi connectivity index (χ1n) is 20.5. The molecule has 13 heteroatoms. The molecule has 0 bridgehead atoms. The number of likely N-dealkylation sites (tertiary alicyclic amines) is 2. The molecular formula is C43H68N4O7S2. The Morgan fingerprint density at radius 3 is 1.80 bits per heavy atom. The zero-order valence-electron chi connectivity index (χ0n) is 35.6. The maximum atomic E-state index is 13.0. The van der Waals surface area contributed by atoms with Crippen LogP contribution in [0, 0.1) is 23.7 Å². The number of rotatable bonds is 20. The highest BCUT2D eigenvalue weighted by Gasteiger charge is 2.44. The van der Waals surface area contributed by atoms with Crippen molar-refractivity contribution in [2.75, 3.05) is 11.9 Å². The number of anilines is 1. The van der Waals surface area contributed by atoms with Crippen LogP contribution in [0.2, 0.25) is 0 Å². The number of thioether (sulfide) groups is 2. The molecule has 0 saturated carbocycles. The topological polar surface area (TPSA) is 150 Å². The van der Waals surface area contributed by atoms with Gasteiger partial charge in [0.1, 0.15) is 0 Å². The monoisotopic (exact) mass is 816 g/mol. The summed E-state index contributed by atoms with van der Waals surface area (Å²) in [5.41, 5.74) is 1.84. The molecule has 0 radical (unpaired) electrons. The molecule has 2 saturated heterocycles. The number of benzene rings is 1. The van der Waals surface area contributed by atoms with Gasteiger partial charge in [0.25, 0.3) is 5.91 Å². The maximum Gasteiger partial charge on any atom is 0.331 e. The lowest BCUT2D eigenvalue weighted by Crippen LogP contribution is -2.52. The molecule has 0 aromatic heterocycles. The predicted molar refractivity (Wildman–Crippen MR) is 228 cm³/mol. The van der Waals surface area contributed by atoms with Crippen molar-refractivity contribution in [1.82, 2.24) is 15.1 Å². The molecular weight excluding hydrogens is 749 g/mol. The second-order valence-electron chi connectivity index (χ2n) is 16.8. The molecule has 0 aliphatic carbocycles. The molecule has 1 aromatic rings. The van der Waals surface area contributed by atoms with E-state index in [4.69, 9.17) is 0 Å². The van der Waals surface area contributed by atoms with Gasteiger partial charge in [-0.2, -0.15) is 4.90 Å². The van der Waals surface area contributed by atoms with Crippen LogP contribution in [0.15, 0.2) is 24.3 Å². The molecule has 4 atom stereocenters. The van der Waals surface area contributed by atoms with Crippen LogP contribution in [0.1, 0.15) is 133 Å². The van der Waals surface area contributed by atoms with Gasteiger partial charge in [-0.15, -0.1) is 23.5 Å². The first-order valence-corrected chi connectivity index (χ1v) is 22.3. The number of Topliss-reactive ketones (excluding diaryl/α,β-unsaturated/α-hetero) is 1. The number of imide groups is 4. The van der Waals surface area contributed by atoms with Crippen molar-refractivity contribution in [3.63, 3.8) is 0 Å². The van der Waals surface area contributed by atoms with Crippen LogP contribution in [-0.4, -0.2) is 84.7 Å². The largest absolute Gasteiger partial charge is 0.331 e. The Bertz CT molecular complexity index is 1500. The van der Waals surface area contributed by atoms with Crippen molar-refractivity contribution < 1.29 is 33.6 Å². The van der Waals surface area contributed by atoms with Crippen LogP contribution in [0.3, 0.4) is 0 Å². The highest BCUT2D eigenvalue weighted by atomic mass is 32.2. The minimum atomic E-state index is -0.930. The van der Waals surface area contributed by atoms with E-state index in [9.17, 15) is 33.6 Å². The average molecular weight is 817 g/mol. The van der Waals surface area contributed by atoms with E-state index in [1.807, 2.05) is 38.1 Å². The van der Waals surface area contributed by atoms with Crippen LogP contribution in [0.4, 0.5) is 10.5 Å². The lowest BCUT2D eigenvalue weighted by atomic mass is 9.93. The van der Waals surface area contributed by atoms with Gasteiger partial charge in [-0.3, -0.25) is 33.7 Å². The van der Waals surface area contributed by atoms with Gasteiger partial charge in [0.15, 0.2) is 5.78 Å². The summed E-state index contributed by atoms with van der Waals surface area (Å²) in [6, 6.07) is 5.82. The van der Waals surface area contributed by atoms with Gasteiger partial charge in [0, 0.05) is 37.4 Å². The zero-order valence-corrected chi connectivity index (χ0v) is 37.3. The molecule has 2 aliphatic heterocycles. The van der Waals surface area contributed by atoms with E-state index in [0.29, 0.717) is 34.7 Å². The van der Waals surface area contributed by atoms with E-state index in [0.717, 1.165) is 25.2 Å². The molecule has 7 amide bonds. The summed E-state index contributed by atoms with van der Waals surface area (Å²) in [6.07, 6.45) is 7.03. The number of ketones is 1. The molecule has 0 spiro atoms. The first kappa shape index (κ1) is 49.0. The van der Waals surface area contributed by atoms with E-state index in [1.165, 1.54) is 41.5 Å². The molecule has 1 aromatic carbocycles. The summed E-state index contributed by atoms with van der Waals surface area (Å²) in [6.45, 7) is 22.5. The van der Waals surface area contributed by atoms with Crippen molar-refractivity contribution in [3.8, 4) is 0 Å². The third kappa shape index (κ3) is 16.3. The summed E-state index contributed by atoms with van der Waals surface area (Å²) in [4.78, 5) is 89.6. The molecule has 3 unspecified atom stereocenters. The Labute approximate surface area is 344 Å². The van der Waals surface area contributed by atoms with E-state index in [2.05, 4.69) is 52.2 Å². The smallest absolute Gasteiger partial charge is 0.327 e. The quantitative estimate of drug-likeness (QED) is 0.0979. The van der Waals surface area contributed by atoms with Gasteiger partial charge < -0.3 is 10.6 Å². The Kier molecular flexibility index (Phi) is 20.9. The Morgan fingerprint density at radius 1 is 0.714 bits per heavy atom. The van der Waals surface area contributed by atoms with E-state index >= 15 is 0 Å². The van der Waals surface area contributed by atoms with Gasteiger partial charge in [-0.1, -0.05) is 114 Å². The lowest BCUT2D eigenvalue weighted by Gasteiger charge is -2.24. The van der Waals surface area contributed by atoms with Crippen LogP contribution in [0.25, 0.3) is 0 Å². The zero-order chi connectivity index (χ0) is 42.3. The molecule has 56 heavy (non-hydrogen) atoms. The highest BCUT2D eigenvalue weighted by molar-refractivity contribution is 8.01. The van der Waals surface area contributed by atoms with Gasteiger partial charge in [-0.25, -0.2) is 4.79 Å². The van der Waals surface area contributed by atoms with Gasteiger partial charge in [0.2, 0.25) is 23.6 Å². The number of carbonyl (C=O) groups is 7. The molecule has 11 nitrogen and oxygen atoms in total. The van der Waals surface area contributed by atoms with Crippen molar-refractivity contribution in [3.05, 3.63) is 29.8 Å². The fraction of sp³-hybridized carbons (Fsp3) is 0.698. The summed E-state index contributed by atoms with van der Waals surface area (Å²) in [5.74, 6) is -1.32. The van der Waals surface area contributed by atoms with E-state index in [-0.39, 0.29) is 52.8 Å². The number of amides is 7. The predicted octanol–water partition coefficient (Wildman–Crippen LogP) is 8.28. The summed E-state index contributed by atoms with van der Waals surface area (Å²) in [7, 11) is 0. The SMILES string of the molecule is CC(C)CCCCCCN1C(=O)CC(SC(C)C)C1=O.CC(C)Cc1ccc(NC(=O)[C@H](C)CC(=O)C(NC(=O)N2C(=O)CC(SC(C)C)C2=O)C(C)C)cc1. The molecule has 2 fully saturated rings. The molecule has 314 valence electrons. The third-order valence-electron chi connectivity index (χ3n) is 9.41. The summed E-state index contributed by atoms with van der Waals surface area (Å²) in [5, 5.41) is 5.19. The number of urea groups is 1. The van der Waals surface area contributed by atoms with Crippen molar-refractivity contribution in [1.29, 1.82) is 0 Å². The average Bonchev–Trinajstić information content (AvgIpc) is 3.52. The van der Waals surface area contributed by atoms with Crippen LogP contribution >= 0.6 is 23.5 Å². The van der Waals surface area contributed by atoms with Gasteiger partial charge in [-0.05, 0) is 58.8 Å². The fourth-order valence-corrected chi connectivity index (χ4v) is 8.81.